The fourth-order valence-corrected chi connectivity index (χ4v) is 3.60. The number of benzene rings is 2. The molecule has 2 aromatic carbocycles. The number of nitro benzene ring substituents is 1. The lowest BCUT2D eigenvalue weighted by Gasteiger charge is -2.16. The number of nitro groups is 1. The predicted octanol–water partition coefficient (Wildman–Crippen LogP) is 3.62. The van der Waals surface area contributed by atoms with Gasteiger partial charge in [0, 0.05) is 23.9 Å². The van der Waals surface area contributed by atoms with Crippen molar-refractivity contribution < 1.29 is 9.72 Å². The summed E-state index contributed by atoms with van der Waals surface area (Å²) in [6.45, 7) is 3.78. The first-order valence-corrected chi connectivity index (χ1v) is 9.53. The van der Waals surface area contributed by atoms with Gasteiger partial charge < -0.3 is 5.32 Å². The molecule has 1 heterocycles. The number of nitrogens with one attached hydrogen (secondary N) is 1. The summed E-state index contributed by atoms with van der Waals surface area (Å²) in [6.07, 6.45) is 0. The average Bonchev–Trinajstić information content (AvgIpc) is 2.66. The summed E-state index contributed by atoms with van der Waals surface area (Å²) < 4.78 is 1.58. The molecule has 0 spiro atoms. The highest BCUT2D eigenvalue weighted by molar-refractivity contribution is 7.99. The van der Waals surface area contributed by atoms with Crippen molar-refractivity contribution in [2.24, 2.45) is 0 Å². The molecule has 0 saturated heterocycles. The quantitative estimate of drug-likeness (QED) is 0.294. The van der Waals surface area contributed by atoms with Crippen LogP contribution in [0.3, 0.4) is 0 Å². The minimum Gasteiger partial charge on any atom is -0.325 e. The van der Waals surface area contributed by atoms with E-state index < -0.39 is 4.92 Å². The van der Waals surface area contributed by atoms with Gasteiger partial charge in [-0.2, -0.15) is 0 Å². The lowest BCUT2D eigenvalue weighted by atomic mass is 10.2. The van der Waals surface area contributed by atoms with Gasteiger partial charge in [-0.1, -0.05) is 23.9 Å². The topological polar surface area (TPSA) is 107 Å². The smallest absolute Gasteiger partial charge is 0.269 e. The van der Waals surface area contributed by atoms with E-state index in [2.05, 4.69) is 10.3 Å². The summed E-state index contributed by atoms with van der Waals surface area (Å²) in [7, 11) is 0. The second-order valence-corrected chi connectivity index (χ2v) is 7.26. The molecular weight excluding hydrogens is 380 g/mol. The van der Waals surface area contributed by atoms with Crippen molar-refractivity contribution in [3.8, 4) is 0 Å². The minimum absolute atomic E-state index is 0.0475. The molecular formula is C19H18N4O4S. The number of fused-ring (bicyclic) bond motifs is 1. The van der Waals surface area contributed by atoms with Gasteiger partial charge in [0.2, 0.25) is 5.91 Å². The summed E-state index contributed by atoms with van der Waals surface area (Å²) in [4.78, 5) is 39.7. The number of thioether (sulfide) groups is 1. The zero-order valence-electron chi connectivity index (χ0n) is 15.3. The van der Waals surface area contributed by atoms with Crippen molar-refractivity contribution in [2.45, 2.75) is 25.0 Å². The number of amides is 1. The Labute approximate surface area is 164 Å². The fourth-order valence-electron chi connectivity index (χ4n) is 2.68. The van der Waals surface area contributed by atoms with E-state index in [0.29, 0.717) is 21.7 Å². The highest BCUT2D eigenvalue weighted by Crippen LogP contribution is 2.21. The number of carbonyl (C=O) groups is 1. The molecule has 0 unspecified atom stereocenters. The second-order valence-electron chi connectivity index (χ2n) is 6.32. The molecule has 3 aromatic rings. The third-order valence-electron chi connectivity index (χ3n) is 3.99. The van der Waals surface area contributed by atoms with E-state index in [1.807, 2.05) is 19.9 Å². The summed E-state index contributed by atoms with van der Waals surface area (Å²) in [5, 5.41) is 14.4. The van der Waals surface area contributed by atoms with E-state index in [1.165, 1.54) is 36.0 Å². The van der Waals surface area contributed by atoms with E-state index in [9.17, 15) is 19.7 Å². The average molecular weight is 398 g/mol. The molecule has 0 radical (unpaired) electrons. The Morgan fingerprint density at radius 3 is 2.54 bits per heavy atom. The Morgan fingerprint density at radius 2 is 1.89 bits per heavy atom. The van der Waals surface area contributed by atoms with E-state index in [-0.39, 0.29) is 28.9 Å². The second kappa shape index (κ2) is 8.22. The molecule has 144 valence electrons. The summed E-state index contributed by atoms with van der Waals surface area (Å²) in [5.74, 6) is -0.245. The maximum atomic E-state index is 12.8. The Hall–Kier alpha value is -3.20. The van der Waals surface area contributed by atoms with Gasteiger partial charge in [0.25, 0.3) is 11.2 Å². The molecule has 1 N–H and O–H groups in total. The number of hydrogen-bond donors (Lipinski definition) is 1. The molecule has 0 aliphatic rings. The van der Waals surface area contributed by atoms with E-state index in [0.717, 1.165) is 0 Å². The third-order valence-corrected chi connectivity index (χ3v) is 4.94. The lowest BCUT2D eigenvalue weighted by molar-refractivity contribution is -0.384. The minimum atomic E-state index is -0.502. The number of carbonyl (C=O) groups excluding carboxylic acids is 1. The van der Waals surface area contributed by atoms with Gasteiger partial charge in [0.1, 0.15) is 0 Å². The number of non-ortho nitro benzene ring substituents is 1. The number of para-hydroxylation sites is 1. The van der Waals surface area contributed by atoms with Crippen molar-refractivity contribution in [3.05, 3.63) is 69.0 Å². The van der Waals surface area contributed by atoms with Crippen LogP contribution in [0.2, 0.25) is 0 Å². The summed E-state index contributed by atoms with van der Waals surface area (Å²) >= 11 is 1.17. The van der Waals surface area contributed by atoms with Crippen LogP contribution in [-0.2, 0) is 4.79 Å². The summed E-state index contributed by atoms with van der Waals surface area (Å²) in [6, 6.07) is 12.6. The van der Waals surface area contributed by atoms with Crippen molar-refractivity contribution in [1.82, 2.24) is 9.55 Å². The molecule has 0 bridgehead atoms. The van der Waals surface area contributed by atoms with Crippen molar-refractivity contribution >= 4 is 39.9 Å². The van der Waals surface area contributed by atoms with Gasteiger partial charge in [-0.3, -0.25) is 24.3 Å². The molecule has 0 fully saturated rings. The van der Waals surface area contributed by atoms with Gasteiger partial charge in [-0.15, -0.1) is 0 Å². The van der Waals surface area contributed by atoms with E-state index >= 15 is 0 Å². The number of nitrogens with zero attached hydrogens (tertiary/aromatic N) is 3. The first-order chi connectivity index (χ1) is 13.4. The SMILES string of the molecule is CC(C)n1c(SCC(=O)Nc2ccc([N+](=O)[O-])cc2)nc2ccccc2c1=O. The van der Waals surface area contributed by atoms with Gasteiger partial charge in [-0.25, -0.2) is 4.98 Å². The zero-order chi connectivity index (χ0) is 20.3. The van der Waals surface area contributed by atoms with Crippen molar-refractivity contribution in [3.63, 3.8) is 0 Å². The zero-order valence-corrected chi connectivity index (χ0v) is 16.1. The molecule has 3 rings (SSSR count). The molecule has 0 atom stereocenters. The van der Waals surface area contributed by atoms with E-state index in [4.69, 9.17) is 0 Å². The Balaban J connectivity index is 1.77. The monoisotopic (exact) mass is 398 g/mol. The van der Waals surface area contributed by atoms with Gasteiger partial charge in [0.15, 0.2) is 5.16 Å². The summed E-state index contributed by atoms with van der Waals surface area (Å²) in [5.41, 5.74) is 0.860. The highest BCUT2D eigenvalue weighted by Gasteiger charge is 2.15. The lowest BCUT2D eigenvalue weighted by Crippen LogP contribution is -2.25. The number of hydrogen-bond acceptors (Lipinski definition) is 6. The van der Waals surface area contributed by atoms with Crippen LogP contribution in [0.15, 0.2) is 58.5 Å². The third kappa shape index (κ3) is 4.20. The highest BCUT2D eigenvalue weighted by atomic mass is 32.2. The molecule has 1 amide bonds. The van der Waals surface area contributed by atoms with Crippen molar-refractivity contribution in [2.75, 3.05) is 11.1 Å². The molecule has 0 aliphatic heterocycles. The van der Waals surface area contributed by atoms with Gasteiger partial charge >= 0.3 is 0 Å². The van der Waals surface area contributed by atoms with Crippen LogP contribution in [0.5, 0.6) is 0 Å². The molecule has 8 nitrogen and oxygen atoms in total. The van der Waals surface area contributed by atoms with E-state index in [1.54, 1.807) is 22.8 Å². The molecule has 9 heteroatoms. The predicted molar refractivity (Wildman–Crippen MR) is 109 cm³/mol. The molecule has 0 saturated carbocycles. The van der Waals surface area contributed by atoms with Crippen LogP contribution >= 0.6 is 11.8 Å². The largest absolute Gasteiger partial charge is 0.325 e. The number of rotatable bonds is 6. The Bertz CT molecular complexity index is 1090. The fraction of sp³-hybridized carbons (Fsp3) is 0.211. The maximum Gasteiger partial charge on any atom is 0.269 e. The van der Waals surface area contributed by atoms with Gasteiger partial charge in [-0.05, 0) is 38.1 Å². The van der Waals surface area contributed by atoms with Crippen LogP contribution in [0.25, 0.3) is 10.9 Å². The number of anilines is 1. The standard InChI is InChI=1S/C19H18N4O4S/c1-12(2)22-18(25)15-5-3-4-6-16(15)21-19(22)28-11-17(24)20-13-7-9-14(10-8-13)23(26)27/h3-10,12H,11H2,1-2H3,(H,20,24). The molecule has 28 heavy (non-hydrogen) atoms. The molecule has 1 aromatic heterocycles. The maximum absolute atomic E-state index is 12.8. The van der Waals surface area contributed by atoms with Crippen molar-refractivity contribution in [1.29, 1.82) is 0 Å². The van der Waals surface area contributed by atoms with Crippen LogP contribution in [0, 0.1) is 10.1 Å². The Morgan fingerprint density at radius 1 is 1.21 bits per heavy atom. The first-order valence-electron chi connectivity index (χ1n) is 8.55. The van der Waals surface area contributed by atoms with Crippen LogP contribution in [0.4, 0.5) is 11.4 Å². The van der Waals surface area contributed by atoms with Crippen LogP contribution in [-0.4, -0.2) is 26.1 Å². The normalized spacial score (nSPS) is 11.0. The number of aromatic nitrogens is 2. The Kier molecular flexibility index (Phi) is 5.74. The van der Waals surface area contributed by atoms with Crippen LogP contribution < -0.4 is 10.9 Å². The van der Waals surface area contributed by atoms with Crippen LogP contribution in [0.1, 0.15) is 19.9 Å². The molecule has 0 aliphatic carbocycles. The first kappa shape index (κ1) is 19.6. The van der Waals surface area contributed by atoms with Gasteiger partial charge in [0.05, 0.1) is 21.6 Å².